The lowest BCUT2D eigenvalue weighted by Crippen LogP contribution is -2.41. The standard InChI is InChI=1S/C18H34N6.HI/c1-5-19-18(21-12-17-7-9-22-23(17)4)20-8-6-10-24-13-15(2)11-16(3)14-24;/h7,9,15-16H,5-6,8,10-14H2,1-4H3,(H2,19,20,21);1H. The van der Waals surface area contributed by atoms with E-state index in [0.717, 1.165) is 43.0 Å². The van der Waals surface area contributed by atoms with Gasteiger partial charge in [0.05, 0.1) is 12.2 Å². The number of nitrogens with one attached hydrogen (secondary N) is 2. The van der Waals surface area contributed by atoms with E-state index in [0.29, 0.717) is 6.54 Å². The Labute approximate surface area is 169 Å². The number of halogens is 1. The molecule has 2 atom stereocenters. The molecule has 0 aromatic carbocycles. The van der Waals surface area contributed by atoms with Crippen LogP contribution in [0, 0.1) is 11.8 Å². The molecule has 0 aliphatic carbocycles. The number of aliphatic imine (C=N–C) groups is 1. The summed E-state index contributed by atoms with van der Waals surface area (Å²) in [6.07, 6.45) is 4.33. The molecule has 2 N–H and O–H groups in total. The molecule has 0 amide bonds. The van der Waals surface area contributed by atoms with Crippen molar-refractivity contribution in [1.29, 1.82) is 0 Å². The van der Waals surface area contributed by atoms with Crippen LogP contribution in [0.1, 0.15) is 39.3 Å². The second kappa shape index (κ2) is 11.7. The number of nitrogens with zero attached hydrogens (tertiary/aromatic N) is 4. The van der Waals surface area contributed by atoms with Crippen LogP contribution in [0.25, 0.3) is 0 Å². The first-order valence-corrected chi connectivity index (χ1v) is 9.30. The van der Waals surface area contributed by atoms with Gasteiger partial charge in [-0.2, -0.15) is 5.10 Å². The first kappa shape index (κ1) is 22.2. The minimum atomic E-state index is 0. The molecule has 2 heterocycles. The van der Waals surface area contributed by atoms with Crippen molar-refractivity contribution in [2.75, 3.05) is 32.7 Å². The highest BCUT2D eigenvalue weighted by atomic mass is 127. The van der Waals surface area contributed by atoms with Gasteiger partial charge in [-0.3, -0.25) is 4.68 Å². The van der Waals surface area contributed by atoms with Gasteiger partial charge in [-0.1, -0.05) is 13.8 Å². The lowest BCUT2D eigenvalue weighted by Gasteiger charge is -2.35. The summed E-state index contributed by atoms with van der Waals surface area (Å²) in [4.78, 5) is 7.26. The lowest BCUT2D eigenvalue weighted by atomic mass is 9.92. The van der Waals surface area contributed by atoms with E-state index >= 15 is 0 Å². The Morgan fingerprint density at radius 3 is 2.60 bits per heavy atom. The third-order valence-electron chi connectivity index (χ3n) is 4.55. The van der Waals surface area contributed by atoms with Crippen molar-refractivity contribution in [3.63, 3.8) is 0 Å². The lowest BCUT2D eigenvalue weighted by molar-refractivity contribution is 0.140. The first-order valence-electron chi connectivity index (χ1n) is 9.30. The predicted molar refractivity (Wildman–Crippen MR) is 115 cm³/mol. The van der Waals surface area contributed by atoms with Gasteiger partial charge in [-0.25, -0.2) is 4.99 Å². The van der Waals surface area contributed by atoms with Gasteiger partial charge < -0.3 is 15.5 Å². The van der Waals surface area contributed by atoms with Crippen LogP contribution >= 0.6 is 24.0 Å². The third kappa shape index (κ3) is 7.94. The van der Waals surface area contributed by atoms with E-state index in [9.17, 15) is 0 Å². The van der Waals surface area contributed by atoms with Gasteiger partial charge in [0.25, 0.3) is 0 Å². The minimum absolute atomic E-state index is 0. The maximum atomic E-state index is 4.65. The molecule has 2 rings (SSSR count). The number of hydrogen-bond donors (Lipinski definition) is 2. The van der Waals surface area contributed by atoms with E-state index in [2.05, 4.69) is 46.4 Å². The van der Waals surface area contributed by atoms with Crippen molar-refractivity contribution < 1.29 is 0 Å². The van der Waals surface area contributed by atoms with Crippen molar-refractivity contribution in [2.45, 2.75) is 40.2 Å². The summed E-state index contributed by atoms with van der Waals surface area (Å²) in [5, 5.41) is 10.9. The Morgan fingerprint density at radius 2 is 2.00 bits per heavy atom. The number of hydrogen-bond acceptors (Lipinski definition) is 3. The molecule has 144 valence electrons. The molecule has 0 saturated carbocycles. The minimum Gasteiger partial charge on any atom is -0.357 e. The number of aromatic nitrogens is 2. The second-order valence-corrected chi connectivity index (χ2v) is 7.13. The quantitative estimate of drug-likeness (QED) is 0.283. The van der Waals surface area contributed by atoms with Crippen LogP contribution < -0.4 is 10.6 Å². The van der Waals surface area contributed by atoms with Crippen molar-refractivity contribution in [3.05, 3.63) is 18.0 Å². The number of rotatable bonds is 7. The Hall–Kier alpha value is -0.830. The number of piperidine rings is 1. The monoisotopic (exact) mass is 462 g/mol. The summed E-state index contributed by atoms with van der Waals surface area (Å²) in [6, 6.07) is 2.01. The van der Waals surface area contributed by atoms with Crippen LogP contribution in [0.15, 0.2) is 17.3 Å². The first-order chi connectivity index (χ1) is 11.6. The van der Waals surface area contributed by atoms with Gasteiger partial charge in [-0.15, -0.1) is 24.0 Å². The predicted octanol–water partition coefficient (Wildman–Crippen LogP) is 2.46. The highest BCUT2D eigenvalue weighted by Gasteiger charge is 2.20. The average Bonchev–Trinajstić information content (AvgIpc) is 2.93. The van der Waals surface area contributed by atoms with Crippen molar-refractivity contribution >= 4 is 29.9 Å². The fourth-order valence-electron chi connectivity index (χ4n) is 3.54. The number of guanidine groups is 1. The molecule has 25 heavy (non-hydrogen) atoms. The molecule has 6 nitrogen and oxygen atoms in total. The van der Waals surface area contributed by atoms with E-state index in [1.165, 1.54) is 26.1 Å². The van der Waals surface area contributed by atoms with Crippen LogP contribution in [-0.2, 0) is 13.6 Å². The van der Waals surface area contributed by atoms with Crippen LogP contribution in [0.4, 0.5) is 0 Å². The average molecular weight is 462 g/mol. The summed E-state index contributed by atoms with van der Waals surface area (Å²) in [5.74, 6) is 2.55. The second-order valence-electron chi connectivity index (χ2n) is 7.13. The maximum absolute atomic E-state index is 4.65. The molecule has 0 radical (unpaired) electrons. The molecule has 0 spiro atoms. The van der Waals surface area contributed by atoms with Gasteiger partial charge in [0, 0.05) is 39.4 Å². The molecule has 1 aliphatic rings. The van der Waals surface area contributed by atoms with E-state index in [-0.39, 0.29) is 24.0 Å². The molecule has 7 heteroatoms. The summed E-state index contributed by atoms with van der Waals surface area (Å²) >= 11 is 0. The SMILES string of the molecule is CCNC(=NCc1ccnn1C)NCCCN1CC(C)CC(C)C1.I. The van der Waals surface area contributed by atoms with Crippen LogP contribution in [0.3, 0.4) is 0 Å². The Bertz CT molecular complexity index is 505. The van der Waals surface area contributed by atoms with E-state index in [1.807, 2.05) is 24.0 Å². The van der Waals surface area contributed by atoms with E-state index in [1.54, 1.807) is 0 Å². The molecule has 1 aromatic heterocycles. The van der Waals surface area contributed by atoms with E-state index < -0.39 is 0 Å². The zero-order chi connectivity index (χ0) is 17.4. The summed E-state index contributed by atoms with van der Waals surface area (Å²) < 4.78 is 1.87. The smallest absolute Gasteiger partial charge is 0.191 e. The number of aryl methyl sites for hydroxylation is 1. The Balaban J connectivity index is 0.00000312. The summed E-state index contributed by atoms with van der Waals surface area (Å²) in [7, 11) is 1.95. The summed E-state index contributed by atoms with van der Waals surface area (Å²) in [5.41, 5.74) is 1.11. The van der Waals surface area contributed by atoms with Gasteiger partial charge in [0.1, 0.15) is 0 Å². The van der Waals surface area contributed by atoms with Crippen molar-refractivity contribution in [2.24, 2.45) is 23.9 Å². The van der Waals surface area contributed by atoms with Crippen LogP contribution in [-0.4, -0.2) is 53.4 Å². The van der Waals surface area contributed by atoms with Crippen molar-refractivity contribution in [1.82, 2.24) is 25.3 Å². The highest BCUT2D eigenvalue weighted by Crippen LogP contribution is 2.20. The highest BCUT2D eigenvalue weighted by molar-refractivity contribution is 14.0. The maximum Gasteiger partial charge on any atom is 0.191 e. The van der Waals surface area contributed by atoms with Gasteiger partial charge in [0.15, 0.2) is 5.96 Å². The Kier molecular flexibility index (Phi) is 10.4. The summed E-state index contributed by atoms with van der Waals surface area (Å²) in [6.45, 7) is 13.0. The topological polar surface area (TPSA) is 57.5 Å². The van der Waals surface area contributed by atoms with Crippen LogP contribution in [0.5, 0.6) is 0 Å². The normalized spacial score (nSPS) is 21.7. The largest absolute Gasteiger partial charge is 0.357 e. The molecule has 1 fully saturated rings. The molecule has 2 unspecified atom stereocenters. The third-order valence-corrected chi connectivity index (χ3v) is 4.55. The molecule has 1 aromatic rings. The molecule has 1 aliphatic heterocycles. The zero-order valence-corrected chi connectivity index (χ0v) is 18.5. The van der Waals surface area contributed by atoms with E-state index in [4.69, 9.17) is 0 Å². The van der Waals surface area contributed by atoms with Gasteiger partial charge in [0.2, 0.25) is 0 Å². The van der Waals surface area contributed by atoms with Gasteiger partial charge >= 0.3 is 0 Å². The fraction of sp³-hybridized carbons (Fsp3) is 0.778. The molecular formula is C18H35IN6. The number of likely N-dealkylation sites (tertiary alicyclic amines) is 1. The molecule has 0 bridgehead atoms. The Morgan fingerprint density at radius 1 is 1.28 bits per heavy atom. The fourth-order valence-corrected chi connectivity index (χ4v) is 3.54. The molecule has 1 saturated heterocycles. The molecular weight excluding hydrogens is 427 g/mol. The zero-order valence-electron chi connectivity index (χ0n) is 16.2. The van der Waals surface area contributed by atoms with Crippen LogP contribution in [0.2, 0.25) is 0 Å². The van der Waals surface area contributed by atoms with Gasteiger partial charge in [-0.05, 0) is 44.2 Å². The van der Waals surface area contributed by atoms with Crippen molar-refractivity contribution in [3.8, 4) is 0 Å².